The summed E-state index contributed by atoms with van der Waals surface area (Å²) in [6.45, 7) is 0. The van der Waals surface area contributed by atoms with Crippen molar-refractivity contribution < 1.29 is 14.7 Å². The highest BCUT2D eigenvalue weighted by Crippen LogP contribution is 2.50. The number of amides is 2. The first-order valence-electron chi connectivity index (χ1n) is 6.81. The lowest BCUT2D eigenvalue weighted by atomic mass is 10.0. The number of urea groups is 1. The van der Waals surface area contributed by atoms with Crippen molar-refractivity contribution in [2.24, 2.45) is 0 Å². The Bertz CT molecular complexity index is 844. The van der Waals surface area contributed by atoms with Gasteiger partial charge in [0.15, 0.2) is 0 Å². The number of benzene rings is 1. The molecule has 2 unspecified atom stereocenters. The summed E-state index contributed by atoms with van der Waals surface area (Å²) in [5.41, 5.74) is 2.15. The van der Waals surface area contributed by atoms with Crippen LogP contribution in [0.1, 0.15) is 11.6 Å². The Morgan fingerprint density at radius 3 is 2.96 bits per heavy atom. The molecule has 1 aromatic heterocycles. The number of anilines is 2. The van der Waals surface area contributed by atoms with E-state index < -0.39 is 17.3 Å². The summed E-state index contributed by atoms with van der Waals surface area (Å²) >= 11 is 4.58. The van der Waals surface area contributed by atoms with Crippen LogP contribution in [0.3, 0.4) is 0 Å². The summed E-state index contributed by atoms with van der Waals surface area (Å²) in [5.74, 6) is -0.958. The number of carboxylic acids is 1. The number of nitrogens with zero attached hydrogens (tertiary/aromatic N) is 2. The topological polar surface area (TPSA) is 82.5 Å². The molecule has 0 saturated carbocycles. The van der Waals surface area contributed by atoms with Crippen molar-refractivity contribution in [2.75, 3.05) is 4.90 Å². The van der Waals surface area contributed by atoms with Crippen molar-refractivity contribution in [1.29, 1.82) is 0 Å². The lowest BCUT2D eigenvalue weighted by Gasteiger charge is -2.33. The van der Waals surface area contributed by atoms with Crippen LogP contribution in [-0.4, -0.2) is 27.3 Å². The summed E-state index contributed by atoms with van der Waals surface area (Å²) in [6, 6.07) is 8.23. The molecule has 6 nitrogen and oxygen atoms in total. The summed E-state index contributed by atoms with van der Waals surface area (Å²) in [6.07, 6.45) is 1.60. The molecular weight excluding hydrogens is 382 g/mol. The Morgan fingerprint density at radius 1 is 1.39 bits per heavy atom. The number of carboxylic acid groups (broad SMARTS) is 1. The minimum Gasteiger partial charge on any atom is -0.480 e. The zero-order chi connectivity index (χ0) is 16.1. The van der Waals surface area contributed by atoms with Crippen LogP contribution in [0.5, 0.6) is 0 Å². The Morgan fingerprint density at radius 2 is 2.22 bits per heavy atom. The fourth-order valence-electron chi connectivity index (χ4n) is 2.88. The zero-order valence-electron chi connectivity index (χ0n) is 11.6. The molecule has 2 aliphatic heterocycles. The number of hydrogen-bond acceptors (Lipinski definition) is 4. The molecule has 1 aromatic carbocycles. The van der Waals surface area contributed by atoms with Crippen molar-refractivity contribution in [2.45, 2.75) is 16.3 Å². The number of hydrogen-bond donors (Lipinski definition) is 2. The fourth-order valence-corrected chi connectivity index (χ4v) is 4.43. The number of aliphatic carboxylic acids is 1. The van der Waals surface area contributed by atoms with Gasteiger partial charge in [0.2, 0.25) is 0 Å². The average molecular weight is 392 g/mol. The zero-order valence-corrected chi connectivity index (χ0v) is 14.0. The molecule has 2 amide bonds. The van der Waals surface area contributed by atoms with Crippen LogP contribution in [0.15, 0.2) is 46.0 Å². The van der Waals surface area contributed by atoms with E-state index in [0.717, 1.165) is 10.0 Å². The second-order valence-corrected chi connectivity index (χ2v) is 7.21. The second-order valence-electron chi connectivity index (χ2n) is 5.17. The lowest BCUT2D eigenvalue weighted by molar-refractivity contribution is -0.136. The van der Waals surface area contributed by atoms with Gasteiger partial charge in [-0.2, -0.15) is 0 Å². The maximum atomic E-state index is 12.6. The van der Waals surface area contributed by atoms with Crippen LogP contribution >= 0.6 is 27.7 Å². The standard InChI is InChI=1S/C15H10BrN3O3S/c16-7-2-1-3-8(6-7)19-9-4-5-17-13-10(9)11(18-15(19)22)12(23-13)14(20)21/h1-6,11-12H,(H,18,22)(H,20,21). The largest absolute Gasteiger partial charge is 0.480 e. The number of thioether (sulfide) groups is 1. The molecule has 0 saturated heterocycles. The number of rotatable bonds is 2. The van der Waals surface area contributed by atoms with Crippen molar-refractivity contribution >= 4 is 51.1 Å². The van der Waals surface area contributed by atoms with E-state index >= 15 is 0 Å². The van der Waals surface area contributed by atoms with Gasteiger partial charge in [0, 0.05) is 16.2 Å². The van der Waals surface area contributed by atoms with E-state index in [2.05, 4.69) is 26.2 Å². The van der Waals surface area contributed by atoms with E-state index in [1.165, 1.54) is 11.8 Å². The summed E-state index contributed by atoms with van der Waals surface area (Å²) in [7, 11) is 0. The minimum absolute atomic E-state index is 0.341. The van der Waals surface area contributed by atoms with E-state index in [1.54, 1.807) is 17.2 Å². The molecule has 0 spiro atoms. The van der Waals surface area contributed by atoms with Crippen molar-refractivity contribution in [3.8, 4) is 0 Å². The van der Waals surface area contributed by atoms with Gasteiger partial charge in [0.1, 0.15) is 10.3 Å². The van der Waals surface area contributed by atoms with Crippen LogP contribution in [0.25, 0.3) is 0 Å². The van der Waals surface area contributed by atoms with Crippen molar-refractivity contribution in [3.63, 3.8) is 0 Å². The second kappa shape index (κ2) is 5.24. The number of carbonyl (C=O) groups excluding carboxylic acids is 1. The molecule has 23 heavy (non-hydrogen) atoms. The smallest absolute Gasteiger partial charge is 0.327 e. The van der Waals surface area contributed by atoms with Crippen LogP contribution in [0, 0.1) is 0 Å². The van der Waals surface area contributed by atoms with Gasteiger partial charge in [-0.25, -0.2) is 9.78 Å². The van der Waals surface area contributed by atoms with E-state index in [-0.39, 0.29) is 6.03 Å². The third kappa shape index (κ3) is 2.21. The third-order valence-corrected chi connectivity index (χ3v) is 5.59. The van der Waals surface area contributed by atoms with Crippen LogP contribution < -0.4 is 10.2 Å². The fraction of sp³-hybridized carbons (Fsp3) is 0.133. The van der Waals surface area contributed by atoms with Gasteiger partial charge in [0.25, 0.3) is 0 Å². The van der Waals surface area contributed by atoms with Crippen molar-refractivity contribution in [1.82, 2.24) is 10.3 Å². The van der Waals surface area contributed by atoms with Gasteiger partial charge < -0.3 is 10.4 Å². The first-order valence-corrected chi connectivity index (χ1v) is 8.48. The van der Waals surface area contributed by atoms with Gasteiger partial charge >= 0.3 is 12.0 Å². The van der Waals surface area contributed by atoms with Gasteiger partial charge in [-0.15, -0.1) is 0 Å². The van der Waals surface area contributed by atoms with Gasteiger partial charge in [-0.1, -0.05) is 33.8 Å². The average Bonchev–Trinajstić information content (AvgIpc) is 2.88. The molecule has 8 heteroatoms. The van der Waals surface area contributed by atoms with Crippen molar-refractivity contribution in [3.05, 3.63) is 46.6 Å². The van der Waals surface area contributed by atoms with Crippen LogP contribution in [-0.2, 0) is 4.79 Å². The molecule has 0 bridgehead atoms. The predicted octanol–water partition coefficient (Wildman–Crippen LogP) is 3.31. The lowest BCUT2D eigenvalue weighted by Crippen LogP contribution is -2.47. The molecule has 0 fully saturated rings. The first kappa shape index (κ1) is 14.5. The monoisotopic (exact) mass is 391 g/mol. The molecule has 0 radical (unpaired) electrons. The number of nitrogens with one attached hydrogen (secondary N) is 1. The number of halogens is 1. The van der Waals surface area contributed by atoms with Gasteiger partial charge in [-0.05, 0) is 24.3 Å². The molecule has 2 N–H and O–H groups in total. The van der Waals surface area contributed by atoms with E-state index in [1.807, 2.05) is 24.3 Å². The molecule has 4 rings (SSSR count). The number of pyridine rings is 1. The molecule has 2 aliphatic rings. The molecule has 3 heterocycles. The van der Waals surface area contributed by atoms with E-state index in [4.69, 9.17) is 0 Å². The maximum absolute atomic E-state index is 12.6. The number of aromatic nitrogens is 1. The molecule has 2 atom stereocenters. The highest BCUT2D eigenvalue weighted by molar-refractivity contribution is 9.10. The quantitative estimate of drug-likeness (QED) is 0.820. The predicted molar refractivity (Wildman–Crippen MR) is 89.1 cm³/mol. The van der Waals surface area contributed by atoms with Crippen LogP contribution in [0.2, 0.25) is 0 Å². The third-order valence-electron chi connectivity index (χ3n) is 3.82. The Hall–Kier alpha value is -2.06. The SMILES string of the molecule is O=C(O)C1Sc2nccc3c2C1NC(=O)N3c1cccc(Br)c1. The summed E-state index contributed by atoms with van der Waals surface area (Å²) in [4.78, 5) is 29.9. The van der Waals surface area contributed by atoms with E-state index in [9.17, 15) is 14.7 Å². The first-order chi connectivity index (χ1) is 11.1. The highest BCUT2D eigenvalue weighted by Gasteiger charge is 2.46. The molecule has 0 aliphatic carbocycles. The molecular formula is C15H10BrN3O3S. The summed E-state index contributed by atoms with van der Waals surface area (Å²) in [5, 5.41) is 12.1. The Kier molecular flexibility index (Phi) is 3.31. The molecule has 116 valence electrons. The highest BCUT2D eigenvalue weighted by atomic mass is 79.9. The van der Waals surface area contributed by atoms with Crippen LogP contribution in [0.4, 0.5) is 16.2 Å². The maximum Gasteiger partial charge on any atom is 0.327 e. The Labute approximate surface area is 144 Å². The normalized spacial score (nSPS) is 21.8. The van der Waals surface area contributed by atoms with E-state index in [0.29, 0.717) is 16.4 Å². The molecule has 2 aromatic rings. The Balaban J connectivity index is 1.88. The van der Waals surface area contributed by atoms with Gasteiger partial charge in [0.05, 0.1) is 17.4 Å². The summed E-state index contributed by atoms with van der Waals surface area (Å²) < 4.78 is 0.855. The minimum atomic E-state index is -0.958. The van der Waals surface area contributed by atoms with Gasteiger partial charge in [-0.3, -0.25) is 9.69 Å². The number of carbonyl (C=O) groups is 2.